The van der Waals surface area contributed by atoms with E-state index in [4.69, 9.17) is 9.47 Å². The number of rotatable bonds is 6. The number of methoxy groups -OCH3 is 1. The van der Waals surface area contributed by atoms with E-state index in [2.05, 4.69) is 0 Å². The lowest BCUT2D eigenvalue weighted by Crippen LogP contribution is -2.43. The molecule has 0 unspecified atom stereocenters. The molecule has 164 valence electrons. The van der Waals surface area contributed by atoms with E-state index in [1.54, 1.807) is 6.07 Å². The van der Waals surface area contributed by atoms with Crippen LogP contribution in [-0.4, -0.2) is 30.0 Å². The van der Waals surface area contributed by atoms with Gasteiger partial charge in [0.2, 0.25) is 5.91 Å². The fourth-order valence-corrected chi connectivity index (χ4v) is 4.39. The summed E-state index contributed by atoms with van der Waals surface area (Å²) in [6.45, 7) is -0.249. The normalized spacial score (nSPS) is 13.2. The lowest BCUT2D eigenvalue weighted by atomic mass is 10.0. The number of carboxylic acids is 1. The highest BCUT2D eigenvalue weighted by molar-refractivity contribution is 7.11. The van der Waals surface area contributed by atoms with Gasteiger partial charge in [-0.25, -0.2) is 18.5 Å². The number of benzene rings is 2. The molecule has 0 fully saturated rings. The van der Waals surface area contributed by atoms with Crippen LogP contribution in [0.15, 0.2) is 41.8 Å². The summed E-state index contributed by atoms with van der Waals surface area (Å²) in [6.07, 6.45) is -0.240. The van der Waals surface area contributed by atoms with Crippen LogP contribution in [0.4, 0.5) is 14.5 Å². The van der Waals surface area contributed by atoms with Gasteiger partial charge in [-0.05, 0) is 24.3 Å². The fraction of sp³-hybridized carbons (Fsp3) is 0.136. The molecule has 2 amide bonds. The molecule has 3 aromatic rings. The molecular formula is C22H15F2NO6S. The average Bonchev–Trinajstić information content (AvgIpc) is 3.19. The van der Waals surface area contributed by atoms with Crippen LogP contribution in [0.1, 0.15) is 31.2 Å². The van der Waals surface area contributed by atoms with E-state index in [1.807, 2.05) is 0 Å². The van der Waals surface area contributed by atoms with Gasteiger partial charge in [0.05, 0.1) is 35.9 Å². The Morgan fingerprint density at radius 2 is 1.97 bits per heavy atom. The highest BCUT2D eigenvalue weighted by atomic mass is 32.1. The third kappa shape index (κ3) is 3.69. The summed E-state index contributed by atoms with van der Waals surface area (Å²) in [5, 5.41) is 10.6. The number of carbonyl (C=O) groups is 3. The molecular weight excluding hydrogens is 444 g/mol. The molecule has 0 aliphatic carbocycles. The summed E-state index contributed by atoms with van der Waals surface area (Å²) in [5.41, 5.74) is -0.623. The van der Waals surface area contributed by atoms with Gasteiger partial charge in [-0.2, -0.15) is 0 Å². The Bertz CT molecular complexity index is 1260. The maximum atomic E-state index is 14.6. The molecule has 2 aromatic carbocycles. The van der Waals surface area contributed by atoms with Gasteiger partial charge in [0.15, 0.2) is 0 Å². The van der Waals surface area contributed by atoms with Gasteiger partial charge in [-0.15, -0.1) is 11.3 Å². The van der Waals surface area contributed by atoms with Crippen molar-refractivity contribution in [3.05, 3.63) is 75.0 Å². The van der Waals surface area contributed by atoms with E-state index in [9.17, 15) is 28.3 Å². The smallest absolute Gasteiger partial charge is 0.337 e. The van der Waals surface area contributed by atoms with Crippen LogP contribution in [0.2, 0.25) is 0 Å². The van der Waals surface area contributed by atoms with E-state index < -0.39 is 29.4 Å². The number of anilines is 1. The number of fused-ring (bicyclic) bond motifs is 1. The van der Waals surface area contributed by atoms with Gasteiger partial charge in [0, 0.05) is 16.3 Å². The lowest BCUT2D eigenvalue weighted by Gasteiger charge is -2.26. The van der Waals surface area contributed by atoms with E-state index in [-0.39, 0.29) is 46.9 Å². The van der Waals surface area contributed by atoms with Crippen LogP contribution < -0.4 is 14.4 Å². The van der Waals surface area contributed by atoms with Gasteiger partial charge in [-0.3, -0.25) is 9.59 Å². The second-order valence-corrected chi connectivity index (χ2v) is 7.75. The summed E-state index contributed by atoms with van der Waals surface area (Å²) in [4.78, 5) is 37.9. The first-order valence-electron chi connectivity index (χ1n) is 9.26. The third-order valence-electron chi connectivity index (χ3n) is 4.91. The van der Waals surface area contributed by atoms with Gasteiger partial charge < -0.3 is 14.6 Å². The number of imide groups is 1. The third-order valence-corrected chi connectivity index (χ3v) is 5.90. The summed E-state index contributed by atoms with van der Waals surface area (Å²) < 4.78 is 39.4. The molecule has 0 saturated carbocycles. The van der Waals surface area contributed by atoms with Crippen molar-refractivity contribution in [3.63, 3.8) is 0 Å². The molecule has 0 saturated heterocycles. The maximum Gasteiger partial charge on any atom is 0.337 e. The number of ether oxygens (including phenoxy) is 2. The zero-order chi connectivity index (χ0) is 23.0. The SMILES string of the molecule is COc1cccc(F)c1COc1ccc(F)c(N2C(=O)Cc3scc(C(=O)O)c3C2=O)c1. The molecule has 0 bridgehead atoms. The average molecular weight is 459 g/mol. The molecule has 4 rings (SSSR count). The first kappa shape index (κ1) is 21.4. The Hall–Kier alpha value is -3.79. The van der Waals surface area contributed by atoms with Crippen molar-refractivity contribution in [1.82, 2.24) is 0 Å². The van der Waals surface area contributed by atoms with Crippen molar-refractivity contribution in [2.75, 3.05) is 12.0 Å². The Morgan fingerprint density at radius 3 is 2.69 bits per heavy atom. The number of halogens is 2. The summed E-state index contributed by atoms with van der Waals surface area (Å²) >= 11 is 0.988. The van der Waals surface area contributed by atoms with Gasteiger partial charge in [-0.1, -0.05) is 6.07 Å². The second-order valence-electron chi connectivity index (χ2n) is 6.79. The molecule has 7 nitrogen and oxygen atoms in total. The lowest BCUT2D eigenvalue weighted by molar-refractivity contribution is -0.117. The minimum Gasteiger partial charge on any atom is -0.496 e. The molecule has 1 aliphatic heterocycles. The molecule has 2 heterocycles. The Kier molecular flexibility index (Phi) is 5.62. The molecule has 1 N–H and O–H groups in total. The molecule has 10 heteroatoms. The van der Waals surface area contributed by atoms with E-state index in [1.165, 1.54) is 30.7 Å². The number of aromatic carboxylic acids is 1. The topological polar surface area (TPSA) is 93.1 Å². The van der Waals surface area contributed by atoms with E-state index in [0.29, 0.717) is 9.78 Å². The number of thiophene rings is 1. The van der Waals surface area contributed by atoms with Crippen molar-refractivity contribution in [3.8, 4) is 11.5 Å². The predicted octanol–water partition coefficient (Wildman–Crippen LogP) is 4.04. The zero-order valence-electron chi connectivity index (χ0n) is 16.6. The van der Waals surface area contributed by atoms with Crippen LogP contribution in [0, 0.1) is 11.6 Å². The quantitative estimate of drug-likeness (QED) is 0.560. The van der Waals surface area contributed by atoms with Crippen molar-refractivity contribution in [1.29, 1.82) is 0 Å². The Balaban J connectivity index is 1.66. The van der Waals surface area contributed by atoms with Crippen molar-refractivity contribution < 1.29 is 37.7 Å². The standard InChI is InChI=1S/C22H15F2NO6S/c1-30-17-4-2-3-14(23)12(17)9-31-11-5-6-15(24)16(7-11)25-19(26)8-18-20(21(25)27)13(10-32-18)22(28)29/h2-7,10H,8-9H2,1H3,(H,28,29). The fourth-order valence-electron chi connectivity index (χ4n) is 3.38. The van der Waals surface area contributed by atoms with Gasteiger partial charge >= 0.3 is 5.97 Å². The first-order valence-corrected chi connectivity index (χ1v) is 10.1. The minimum atomic E-state index is -1.32. The highest BCUT2D eigenvalue weighted by Gasteiger charge is 2.38. The number of hydrogen-bond acceptors (Lipinski definition) is 6. The molecule has 1 aliphatic rings. The number of amides is 2. The highest BCUT2D eigenvalue weighted by Crippen LogP contribution is 2.35. The zero-order valence-corrected chi connectivity index (χ0v) is 17.4. The summed E-state index contributed by atoms with van der Waals surface area (Å²) in [7, 11) is 1.38. The first-order chi connectivity index (χ1) is 15.3. The molecule has 0 atom stereocenters. The van der Waals surface area contributed by atoms with Crippen LogP contribution >= 0.6 is 11.3 Å². The van der Waals surface area contributed by atoms with E-state index >= 15 is 0 Å². The molecule has 1 aromatic heterocycles. The Morgan fingerprint density at radius 1 is 1.19 bits per heavy atom. The van der Waals surface area contributed by atoms with E-state index in [0.717, 1.165) is 23.5 Å². The molecule has 0 spiro atoms. The summed E-state index contributed by atoms with van der Waals surface area (Å²) in [5.74, 6) is -4.05. The van der Waals surface area contributed by atoms with Crippen LogP contribution in [-0.2, 0) is 17.8 Å². The number of hydrogen-bond donors (Lipinski definition) is 1. The van der Waals surface area contributed by atoms with Crippen molar-refractivity contribution >= 4 is 34.8 Å². The summed E-state index contributed by atoms with van der Waals surface area (Å²) in [6, 6.07) is 7.68. The van der Waals surface area contributed by atoms with Crippen LogP contribution in [0.25, 0.3) is 0 Å². The molecule has 32 heavy (non-hydrogen) atoms. The minimum absolute atomic E-state index is 0.0712. The Labute approximate surface area is 184 Å². The number of carboxylic acid groups (broad SMARTS) is 1. The van der Waals surface area contributed by atoms with Crippen LogP contribution in [0.3, 0.4) is 0 Å². The second kappa shape index (κ2) is 8.39. The van der Waals surface area contributed by atoms with Crippen molar-refractivity contribution in [2.45, 2.75) is 13.0 Å². The predicted molar refractivity (Wildman–Crippen MR) is 110 cm³/mol. The number of nitrogens with zero attached hydrogens (tertiary/aromatic N) is 1. The van der Waals surface area contributed by atoms with Crippen molar-refractivity contribution in [2.24, 2.45) is 0 Å². The monoisotopic (exact) mass is 459 g/mol. The largest absolute Gasteiger partial charge is 0.496 e. The maximum absolute atomic E-state index is 14.6. The number of carbonyl (C=O) groups excluding carboxylic acids is 2. The van der Waals surface area contributed by atoms with Crippen LogP contribution in [0.5, 0.6) is 11.5 Å². The molecule has 0 radical (unpaired) electrons. The van der Waals surface area contributed by atoms with Gasteiger partial charge in [0.1, 0.15) is 29.7 Å². The van der Waals surface area contributed by atoms with Gasteiger partial charge in [0.25, 0.3) is 5.91 Å².